The van der Waals surface area contributed by atoms with Gasteiger partial charge in [0.2, 0.25) is 5.88 Å². The van der Waals surface area contributed by atoms with E-state index in [1.165, 1.54) is 0 Å². The maximum absolute atomic E-state index is 10.8. The standard InChI is InChI=1S/C13H21N3O3/c1-5-19-12-7-11(14-9(4)15-12)16-10(8(2)3)6-13(17)18/h7-8,10H,5-6H2,1-4H3,(H,17,18)(H,14,15,16). The van der Waals surface area contributed by atoms with Crippen molar-refractivity contribution in [1.82, 2.24) is 9.97 Å². The van der Waals surface area contributed by atoms with Crippen molar-refractivity contribution in [3.63, 3.8) is 0 Å². The molecule has 19 heavy (non-hydrogen) atoms. The molecule has 106 valence electrons. The number of nitrogens with zero attached hydrogens (tertiary/aromatic N) is 2. The van der Waals surface area contributed by atoms with Crippen LogP contribution in [0.4, 0.5) is 5.82 Å². The van der Waals surface area contributed by atoms with Gasteiger partial charge in [-0.3, -0.25) is 4.79 Å². The van der Waals surface area contributed by atoms with E-state index >= 15 is 0 Å². The molecule has 6 nitrogen and oxygen atoms in total. The summed E-state index contributed by atoms with van der Waals surface area (Å²) in [5.74, 6) is 1.03. The zero-order valence-corrected chi connectivity index (χ0v) is 11.8. The Bertz CT molecular complexity index is 435. The van der Waals surface area contributed by atoms with Crippen molar-refractivity contribution in [3.8, 4) is 5.88 Å². The summed E-state index contributed by atoms with van der Waals surface area (Å²) in [5, 5.41) is 12.0. The molecule has 0 aliphatic heterocycles. The fourth-order valence-electron chi connectivity index (χ4n) is 1.67. The molecule has 0 aliphatic rings. The molecule has 2 N–H and O–H groups in total. The minimum Gasteiger partial charge on any atom is -0.481 e. The predicted octanol–water partition coefficient (Wildman–Crippen LogP) is 2.09. The number of nitrogens with one attached hydrogen (secondary N) is 1. The zero-order chi connectivity index (χ0) is 14.4. The second kappa shape index (κ2) is 6.92. The van der Waals surface area contributed by atoms with Gasteiger partial charge in [-0.05, 0) is 19.8 Å². The van der Waals surface area contributed by atoms with Gasteiger partial charge in [0.25, 0.3) is 0 Å². The van der Waals surface area contributed by atoms with Gasteiger partial charge in [0.1, 0.15) is 11.6 Å². The molecule has 6 heteroatoms. The second-order valence-corrected chi connectivity index (χ2v) is 4.66. The minimum atomic E-state index is -0.831. The number of hydrogen-bond donors (Lipinski definition) is 2. The summed E-state index contributed by atoms with van der Waals surface area (Å²) in [4.78, 5) is 19.2. The van der Waals surface area contributed by atoms with Crippen molar-refractivity contribution in [3.05, 3.63) is 11.9 Å². The van der Waals surface area contributed by atoms with Crippen molar-refractivity contribution < 1.29 is 14.6 Å². The van der Waals surface area contributed by atoms with Crippen LogP contribution in [0.3, 0.4) is 0 Å². The van der Waals surface area contributed by atoms with Crippen LogP contribution in [-0.2, 0) is 4.79 Å². The Morgan fingerprint density at radius 3 is 2.68 bits per heavy atom. The molecule has 0 aliphatic carbocycles. The molecular formula is C13H21N3O3. The summed E-state index contributed by atoms with van der Waals surface area (Å²) in [7, 11) is 0. The molecule has 1 unspecified atom stereocenters. The number of aryl methyl sites for hydroxylation is 1. The second-order valence-electron chi connectivity index (χ2n) is 4.66. The quantitative estimate of drug-likeness (QED) is 0.787. The first kappa shape index (κ1) is 15.2. The Morgan fingerprint density at radius 2 is 2.16 bits per heavy atom. The van der Waals surface area contributed by atoms with E-state index in [0.29, 0.717) is 24.1 Å². The Hall–Kier alpha value is -1.85. The SMILES string of the molecule is CCOc1cc(NC(CC(=O)O)C(C)C)nc(C)n1. The minimum absolute atomic E-state index is 0.0463. The van der Waals surface area contributed by atoms with E-state index in [1.807, 2.05) is 20.8 Å². The number of aliphatic carboxylic acids is 1. The number of hydrogen-bond acceptors (Lipinski definition) is 5. The molecule has 0 saturated carbocycles. The smallest absolute Gasteiger partial charge is 0.305 e. The third-order valence-corrected chi connectivity index (χ3v) is 2.64. The molecular weight excluding hydrogens is 246 g/mol. The van der Waals surface area contributed by atoms with Gasteiger partial charge in [0, 0.05) is 12.1 Å². The number of ether oxygens (including phenoxy) is 1. The topological polar surface area (TPSA) is 84.3 Å². The van der Waals surface area contributed by atoms with Crippen molar-refractivity contribution in [2.75, 3.05) is 11.9 Å². The molecule has 1 aromatic rings. The van der Waals surface area contributed by atoms with E-state index in [0.717, 1.165) is 0 Å². The van der Waals surface area contributed by atoms with Crippen LogP contribution < -0.4 is 10.1 Å². The van der Waals surface area contributed by atoms with E-state index in [4.69, 9.17) is 9.84 Å². The van der Waals surface area contributed by atoms with Gasteiger partial charge in [-0.15, -0.1) is 0 Å². The van der Waals surface area contributed by atoms with E-state index < -0.39 is 5.97 Å². The highest BCUT2D eigenvalue weighted by atomic mass is 16.5. The van der Waals surface area contributed by atoms with Crippen molar-refractivity contribution in [2.45, 2.75) is 40.2 Å². The monoisotopic (exact) mass is 267 g/mol. The molecule has 1 heterocycles. The van der Waals surface area contributed by atoms with Gasteiger partial charge in [-0.25, -0.2) is 4.98 Å². The summed E-state index contributed by atoms with van der Waals surface area (Å²) in [5.41, 5.74) is 0. The maximum atomic E-state index is 10.8. The lowest BCUT2D eigenvalue weighted by Gasteiger charge is -2.21. The fraction of sp³-hybridized carbons (Fsp3) is 0.615. The van der Waals surface area contributed by atoms with Crippen LogP contribution in [0.15, 0.2) is 6.07 Å². The predicted molar refractivity (Wildman–Crippen MR) is 72.4 cm³/mol. The number of carbonyl (C=O) groups is 1. The molecule has 1 aromatic heterocycles. The van der Waals surface area contributed by atoms with E-state index in [9.17, 15) is 4.79 Å². The van der Waals surface area contributed by atoms with Crippen molar-refractivity contribution in [1.29, 1.82) is 0 Å². The van der Waals surface area contributed by atoms with Gasteiger partial charge < -0.3 is 15.2 Å². The number of anilines is 1. The van der Waals surface area contributed by atoms with Gasteiger partial charge >= 0.3 is 5.97 Å². The van der Waals surface area contributed by atoms with E-state index in [2.05, 4.69) is 15.3 Å². The molecule has 0 fully saturated rings. The summed E-state index contributed by atoms with van der Waals surface area (Å²) in [6.45, 7) is 8.12. The van der Waals surface area contributed by atoms with Gasteiger partial charge in [-0.1, -0.05) is 13.8 Å². The largest absolute Gasteiger partial charge is 0.481 e. The lowest BCUT2D eigenvalue weighted by atomic mass is 10.0. The molecule has 1 atom stereocenters. The molecule has 1 rings (SSSR count). The van der Waals surface area contributed by atoms with Gasteiger partial charge in [0.05, 0.1) is 13.0 Å². The van der Waals surface area contributed by atoms with Crippen LogP contribution in [0.2, 0.25) is 0 Å². The van der Waals surface area contributed by atoms with Crippen molar-refractivity contribution >= 4 is 11.8 Å². The van der Waals surface area contributed by atoms with E-state index in [1.54, 1.807) is 13.0 Å². The van der Waals surface area contributed by atoms with Crippen LogP contribution in [0, 0.1) is 12.8 Å². The molecule has 0 amide bonds. The lowest BCUT2D eigenvalue weighted by molar-refractivity contribution is -0.137. The average Bonchev–Trinajstić information content (AvgIpc) is 2.27. The highest BCUT2D eigenvalue weighted by Crippen LogP contribution is 2.17. The first-order valence-corrected chi connectivity index (χ1v) is 6.39. The Labute approximate surface area is 113 Å². The Morgan fingerprint density at radius 1 is 1.47 bits per heavy atom. The van der Waals surface area contributed by atoms with Gasteiger partial charge in [-0.2, -0.15) is 4.98 Å². The number of carboxylic acids is 1. The third kappa shape index (κ3) is 5.11. The lowest BCUT2D eigenvalue weighted by Crippen LogP contribution is -2.29. The third-order valence-electron chi connectivity index (χ3n) is 2.64. The summed E-state index contributed by atoms with van der Waals surface area (Å²) in [6.07, 6.45) is 0.0463. The summed E-state index contributed by atoms with van der Waals surface area (Å²) < 4.78 is 5.34. The Balaban J connectivity index is 2.86. The van der Waals surface area contributed by atoms with Gasteiger partial charge in [0.15, 0.2) is 0 Å². The molecule has 0 bridgehead atoms. The molecule has 0 spiro atoms. The molecule has 0 aromatic carbocycles. The normalized spacial score (nSPS) is 12.3. The molecule has 0 saturated heterocycles. The first-order chi connectivity index (χ1) is 8.92. The highest BCUT2D eigenvalue weighted by molar-refractivity contribution is 5.68. The highest BCUT2D eigenvalue weighted by Gasteiger charge is 2.18. The van der Waals surface area contributed by atoms with Crippen LogP contribution in [0.25, 0.3) is 0 Å². The number of rotatable bonds is 7. The first-order valence-electron chi connectivity index (χ1n) is 6.39. The summed E-state index contributed by atoms with van der Waals surface area (Å²) >= 11 is 0. The maximum Gasteiger partial charge on any atom is 0.305 e. The number of carboxylic acid groups (broad SMARTS) is 1. The van der Waals surface area contributed by atoms with Crippen molar-refractivity contribution in [2.24, 2.45) is 5.92 Å². The molecule has 0 radical (unpaired) electrons. The zero-order valence-electron chi connectivity index (χ0n) is 11.8. The van der Waals surface area contributed by atoms with Crippen LogP contribution in [-0.4, -0.2) is 33.7 Å². The fourth-order valence-corrected chi connectivity index (χ4v) is 1.67. The van der Waals surface area contributed by atoms with Crippen LogP contribution in [0.5, 0.6) is 5.88 Å². The summed E-state index contributed by atoms with van der Waals surface area (Å²) in [6, 6.07) is 1.51. The average molecular weight is 267 g/mol. The van der Waals surface area contributed by atoms with Crippen LogP contribution in [0.1, 0.15) is 33.0 Å². The van der Waals surface area contributed by atoms with E-state index in [-0.39, 0.29) is 18.4 Å². The Kier molecular flexibility index (Phi) is 5.54. The number of aromatic nitrogens is 2. The van der Waals surface area contributed by atoms with Crippen LogP contribution >= 0.6 is 0 Å².